The Morgan fingerprint density at radius 1 is 0.862 bits per heavy atom. The van der Waals surface area contributed by atoms with Crippen LogP contribution in [0.4, 0.5) is 0 Å². The molecule has 0 aliphatic heterocycles. The molecule has 29 heavy (non-hydrogen) atoms. The topological polar surface area (TPSA) is 26.0 Å². The van der Waals surface area contributed by atoms with Gasteiger partial charge in [0.25, 0.3) is 0 Å². The maximum Gasteiger partial charge on any atom is 0.00983 e. The van der Waals surface area contributed by atoms with Crippen molar-refractivity contribution in [3.05, 3.63) is 0 Å². The van der Waals surface area contributed by atoms with E-state index in [0.29, 0.717) is 16.9 Å². The van der Waals surface area contributed by atoms with Crippen LogP contribution in [0.1, 0.15) is 112 Å². The average molecular weight is 424 g/mol. The Kier molecular flexibility index (Phi) is 7.43. The smallest absolute Gasteiger partial charge is 0.00983 e. The van der Waals surface area contributed by atoms with Crippen molar-refractivity contribution in [2.24, 2.45) is 58.0 Å². The number of hydrogen-bond donors (Lipinski definition) is 1. The highest BCUT2D eigenvalue weighted by Gasteiger charge is 2.61. The first-order valence-corrected chi connectivity index (χ1v) is 13.0. The largest absolute Gasteiger partial charge is 0.327 e. The Morgan fingerprint density at radius 3 is 2.34 bits per heavy atom. The Bertz CT molecular complexity index is 547. The van der Waals surface area contributed by atoms with E-state index in [9.17, 15) is 0 Å². The summed E-state index contributed by atoms with van der Waals surface area (Å²) in [4.78, 5) is 0. The van der Waals surface area contributed by atoms with Crippen LogP contribution in [-0.4, -0.2) is 6.04 Å². The zero-order chi connectivity index (χ0) is 20.1. The van der Waals surface area contributed by atoms with E-state index in [0.717, 1.165) is 41.4 Å². The lowest BCUT2D eigenvalue weighted by Gasteiger charge is -2.62. The standard InChI is InChI=1S/C27H49N.ClH/c1-18(2)8-6-9-19(3)22-14-15-23-21-13-12-20-10-7-11-25(28)27(20,5)24(21)16-17-26(22,23)4;/h18-25H,6-17,28H2,1-5H3;1H/t19-,20+,21+,22-,23-,24-,25?,26+,27-;/m0./s1. The summed E-state index contributed by atoms with van der Waals surface area (Å²) in [5.41, 5.74) is 7.93. The third-order valence-corrected chi connectivity index (χ3v) is 11.0. The molecule has 0 heterocycles. The lowest BCUT2D eigenvalue weighted by atomic mass is 9.43. The van der Waals surface area contributed by atoms with Gasteiger partial charge in [0.2, 0.25) is 0 Å². The van der Waals surface area contributed by atoms with Crippen molar-refractivity contribution in [2.45, 2.75) is 118 Å². The summed E-state index contributed by atoms with van der Waals surface area (Å²) in [7, 11) is 0. The van der Waals surface area contributed by atoms with E-state index in [1.54, 1.807) is 0 Å². The predicted octanol–water partition coefficient (Wildman–Crippen LogP) is 7.86. The van der Waals surface area contributed by atoms with Crippen molar-refractivity contribution in [3.63, 3.8) is 0 Å². The van der Waals surface area contributed by atoms with Crippen molar-refractivity contribution in [1.29, 1.82) is 0 Å². The van der Waals surface area contributed by atoms with Gasteiger partial charge in [-0.25, -0.2) is 0 Å². The van der Waals surface area contributed by atoms with Gasteiger partial charge in [-0.3, -0.25) is 0 Å². The molecule has 0 aromatic rings. The molecule has 0 spiro atoms. The third-order valence-electron chi connectivity index (χ3n) is 11.0. The highest BCUT2D eigenvalue weighted by Crippen LogP contribution is 2.68. The SMILES string of the molecule is CC(C)CCC[C@H](C)[C@@H]1CC[C@H]2[C@H]3CC[C@H]4CCCC(N)[C@]4(C)[C@H]3CC[C@@]21C.Cl. The Labute approximate surface area is 188 Å². The summed E-state index contributed by atoms with van der Waals surface area (Å²) in [6, 6.07) is 0.468. The van der Waals surface area contributed by atoms with Gasteiger partial charge in [0, 0.05) is 6.04 Å². The zero-order valence-corrected chi connectivity index (χ0v) is 20.9. The second-order valence-corrected chi connectivity index (χ2v) is 12.6. The molecule has 0 radical (unpaired) electrons. The molecule has 2 N–H and O–H groups in total. The summed E-state index contributed by atoms with van der Waals surface area (Å²) in [5, 5.41) is 0. The molecule has 1 nitrogen and oxygen atoms in total. The molecule has 0 aromatic carbocycles. The zero-order valence-electron chi connectivity index (χ0n) is 20.1. The lowest BCUT2D eigenvalue weighted by molar-refractivity contribution is -0.122. The Morgan fingerprint density at radius 2 is 1.62 bits per heavy atom. The monoisotopic (exact) mass is 423 g/mol. The van der Waals surface area contributed by atoms with Crippen LogP contribution in [0.15, 0.2) is 0 Å². The van der Waals surface area contributed by atoms with Gasteiger partial charge in [0.1, 0.15) is 0 Å². The van der Waals surface area contributed by atoms with Crippen LogP contribution >= 0.6 is 12.4 Å². The van der Waals surface area contributed by atoms with Crippen molar-refractivity contribution in [3.8, 4) is 0 Å². The maximum atomic E-state index is 6.86. The van der Waals surface area contributed by atoms with E-state index in [1.165, 1.54) is 77.0 Å². The van der Waals surface area contributed by atoms with Crippen LogP contribution < -0.4 is 5.73 Å². The normalized spacial score (nSPS) is 47.7. The second-order valence-electron chi connectivity index (χ2n) is 12.6. The van der Waals surface area contributed by atoms with E-state index in [1.807, 2.05) is 0 Å². The molecular formula is C27H50ClN. The quantitative estimate of drug-likeness (QED) is 0.478. The minimum atomic E-state index is 0. The molecule has 2 heteroatoms. The highest BCUT2D eigenvalue weighted by molar-refractivity contribution is 5.85. The molecule has 170 valence electrons. The fourth-order valence-electron chi connectivity index (χ4n) is 9.42. The molecule has 4 fully saturated rings. The molecule has 9 atom stereocenters. The fourth-order valence-corrected chi connectivity index (χ4v) is 9.42. The van der Waals surface area contributed by atoms with Crippen LogP contribution in [-0.2, 0) is 0 Å². The summed E-state index contributed by atoms with van der Waals surface area (Å²) in [6.45, 7) is 12.7. The first kappa shape index (κ1) is 23.9. The van der Waals surface area contributed by atoms with E-state index in [4.69, 9.17) is 5.73 Å². The molecule has 0 saturated heterocycles. The molecule has 0 bridgehead atoms. The summed E-state index contributed by atoms with van der Waals surface area (Å²) < 4.78 is 0. The van der Waals surface area contributed by atoms with E-state index < -0.39 is 0 Å². The first-order chi connectivity index (χ1) is 13.3. The van der Waals surface area contributed by atoms with Gasteiger partial charge in [-0.15, -0.1) is 12.4 Å². The van der Waals surface area contributed by atoms with E-state index >= 15 is 0 Å². The van der Waals surface area contributed by atoms with Crippen molar-refractivity contribution < 1.29 is 0 Å². The fraction of sp³-hybridized carbons (Fsp3) is 1.00. The maximum absolute atomic E-state index is 6.86. The number of nitrogens with two attached hydrogens (primary N) is 1. The van der Waals surface area contributed by atoms with Crippen LogP contribution in [0.3, 0.4) is 0 Å². The van der Waals surface area contributed by atoms with Gasteiger partial charge >= 0.3 is 0 Å². The van der Waals surface area contributed by atoms with Crippen molar-refractivity contribution in [2.75, 3.05) is 0 Å². The van der Waals surface area contributed by atoms with E-state index in [2.05, 4.69) is 34.6 Å². The molecule has 4 saturated carbocycles. The minimum absolute atomic E-state index is 0. The van der Waals surface area contributed by atoms with Gasteiger partial charge in [-0.05, 0) is 104 Å². The molecule has 0 aromatic heterocycles. The van der Waals surface area contributed by atoms with Crippen molar-refractivity contribution >= 4 is 12.4 Å². The van der Waals surface area contributed by atoms with Gasteiger partial charge in [0.15, 0.2) is 0 Å². The average Bonchev–Trinajstić information content (AvgIpc) is 3.00. The van der Waals surface area contributed by atoms with E-state index in [-0.39, 0.29) is 12.4 Å². The van der Waals surface area contributed by atoms with Gasteiger partial charge in [0.05, 0.1) is 0 Å². The van der Waals surface area contributed by atoms with Gasteiger partial charge in [-0.1, -0.05) is 60.3 Å². The Hall–Kier alpha value is 0.250. The molecule has 4 aliphatic carbocycles. The van der Waals surface area contributed by atoms with Crippen molar-refractivity contribution in [1.82, 2.24) is 0 Å². The summed E-state index contributed by atoms with van der Waals surface area (Å²) >= 11 is 0. The van der Waals surface area contributed by atoms with Gasteiger partial charge < -0.3 is 5.73 Å². The lowest BCUT2D eigenvalue weighted by Crippen LogP contribution is -2.59. The number of halogens is 1. The Balaban J connectivity index is 0.00000240. The van der Waals surface area contributed by atoms with Crippen LogP contribution in [0.25, 0.3) is 0 Å². The molecule has 0 amide bonds. The molecule has 4 aliphatic rings. The summed E-state index contributed by atoms with van der Waals surface area (Å²) in [5.74, 6) is 6.60. The van der Waals surface area contributed by atoms with Crippen LogP contribution in [0.5, 0.6) is 0 Å². The molecule has 1 unspecified atom stereocenters. The predicted molar refractivity (Wildman–Crippen MR) is 128 cm³/mol. The van der Waals surface area contributed by atoms with Gasteiger partial charge in [-0.2, -0.15) is 0 Å². The number of rotatable bonds is 5. The molecule has 4 rings (SSSR count). The molecular weight excluding hydrogens is 374 g/mol. The number of hydrogen-bond acceptors (Lipinski definition) is 1. The number of fused-ring (bicyclic) bond motifs is 5. The first-order valence-electron chi connectivity index (χ1n) is 13.0. The highest BCUT2D eigenvalue weighted by atomic mass is 35.5. The third kappa shape index (κ3) is 3.94. The summed E-state index contributed by atoms with van der Waals surface area (Å²) in [6.07, 6.45) is 17.5. The minimum Gasteiger partial charge on any atom is -0.327 e. The van der Waals surface area contributed by atoms with Crippen LogP contribution in [0, 0.1) is 52.3 Å². The second kappa shape index (κ2) is 9.01. The van der Waals surface area contributed by atoms with Crippen LogP contribution in [0.2, 0.25) is 0 Å².